The smallest absolute Gasteiger partial charge is 0.227 e. The van der Waals surface area contributed by atoms with Crippen molar-refractivity contribution in [1.29, 1.82) is 0 Å². The van der Waals surface area contributed by atoms with Crippen LogP contribution in [0.3, 0.4) is 0 Å². The van der Waals surface area contributed by atoms with Gasteiger partial charge in [0.15, 0.2) is 5.82 Å². The number of alkyl halides is 1. The van der Waals surface area contributed by atoms with Crippen molar-refractivity contribution in [2.45, 2.75) is 58.7 Å². The number of hydrogen-bond acceptors (Lipinski definition) is 7. The number of hydrogen-bond donors (Lipinski definition) is 2. The number of rotatable bonds is 11. The summed E-state index contributed by atoms with van der Waals surface area (Å²) in [5.41, 5.74) is 0.212. The van der Waals surface area contributed by atoms with Gasteiger partial charge in [0.25, 0.3) is 0 Å². The maximum absolute atomic E-state index is 15.6. The number of piperidine rings is 1. The van der Waals surface area contributed by atoms with Crippen LogP contribution >= 0.6 is 11.6 Å². The molecule has 2 aromatic rings. The molecule has 1 aliphatic rings. The number of carbonyl (C=O) groups is 1. The minimum Gasteiger partial charge on any atom is -0.390 e. The zero-order chi connectivity index (χ0) is 28.3. The molecule has 3 rings (SSSR count). The first-order chi connectivity index (χ1) is 17.7. The molecule has 1 saturated heterocycles. The first kappa shape index (κ1) is 30.1. The Labute approximate surface area is 231 Å². The first-order valence-corrected chi connectivity index (χ1v) is 13.5. The van der Waals surface area contributed by atoms with Crippen LogP contribution in [0.25, 0.3) is 0 Å². The summed E-state index contributed by atoms with van der Waals surface area (Å²) < 4.78 is 15.6. The van der Waals surface area contributed by atoms with E-state index in [4.69, 9.17) is 16.6 Å². The van der Waals surface area contributed by atoms with Crippen molar-refractivity contribution in [2.24, 2.45) is 11.8 Å². The van der Waals surface area contributed by atoms with Crippen LogP contribution in [-0.2, 0) is 4.79 Å². The molecule has 1 aromatic heterocycles. The normalized spacial score (nSPS) is 22.0. The number of benzene rings is 1. The van der Waals surface area contributed by atoms with Gasteiger partial charge in [-0.25, -0.2) is 9.37 Å². The summed E-state index contributed by atoms with van der Waals surface area (Å²) in [5.74, 6) is 0.604. The molecule has 0 saturated carbocycles. The van der Waals surface area contributed by atoms with Gasteiger partial charge in [-0.3, -0.25) is 4.79 Å². The Hall–Kier alpha value is -2.49. The van der Waals surface area contributed by atoms with Crippen molar-refractivity contribution in [3.63, 3.8) is 0 Å². The number of aromatic nitrogens is 2. The summed E-state index contributed by atoms with van der Waals surface area (Å²) in [5, 5.41) is 13.7. The molecule has 2 N–H and O–H groups in total. The molecule has 0 aliphatic carbocycles. The Kier molecular flexibility index (Phi) is 9.60. The lowest BCUT2D eigenvalue weighted by atomic mass is 9.75. The number of carbonyl (C=O) groups excluding carboxylic acids is 1. The lowest BCUT2D eigenvalue weighted by molar-refractivity contribution is -0.107. The van der Waals surface area contributed by atoms with Gasteiger partial charge >= 0.3 is 0 Å². The maximum atomic E-state index is 15.6. The minimum atomic E-state index is -1.27. The molecule has 1 amide bonds. The fourth-order valence-electron chi connectivity index (χ4n) is 4.74. The molecule has 0 radical (unpaired) electrons. The number of anilines is 4. The number of nitrogens with zero attached hydrogens (tertiary/aromatic N) is 5. The van der Waals surface area contributed by atoms with Gasteiger partial charge in [-0.2, -0.15) is 4.98 Å². The third-order valence-corrected chi connectivity index (χ3v) is 7.79. The average Bonchev–Trinajstić information content (AvgIpc) is 2.82. The fourth-order valence-corrected chi connectivity index (χ4v) is 4.87. The Morgan fingerprint density at radius 1 is 1.32 bits per heavy atom. The summed E-state index contributed by atoms with van der Waals surface area (Å²) in [6.07, 6.45) is 3.51. The number of amides is 1. The highest BCUT2D eigenvalue weighted by molar-refractivity contribution is 6.32. The quantitative estimate of drug-likeness (QED) is 0.380. The van der Waals surface area contributed by atoms with Gasteiger partial charge in [-0.05, 0) is 78.9 Å². The molecule has 8 nitrogen and oxygen atoms in total. The van der Waals surface area contributed by atoms with Gasteiger partial charge < -0.3 is 25.1 Å². The molecule has 38 heavy (non-hydrogen) atoms. The average molecular weight is 549 g/mol. The molecular formula is C28H42ClFN6O2. The molecule has 10 heteroatoms. The topological polar surface area (TPSA) is 84.8 Å². The number of nitrogens with one attached hydrogen (secondary N) is 1. The second kappa shape index (κ2) is 12.1. The van der Waals surface area contributed by atoms with Crippen molar-refractivity contribution in [2.75, 3.05) is 55.4 Å². The van der Waals surface area contributed by atoms with Crippen LogP contribution in [0.15, 0.2) is 24.4 Å². The minimum absolute atomic E-state index is 0.151. The Morgan fingerprint density at radius 3 is 2.66 bits per heavy atom. The van der Waals surface area contributed by atoms with E-state index in [-0.39, 0.29) is 11.8 Å². The summed E-state index contributed by atoms with van der Waals surface area (Å²) >= 11 is 6.47. The van der Waals surface area contributed by atoms with E-state index in [1.165, 1.54) is 0 Å². The second-order valence-electron chi connectivity index (χ2n) is 11.6. The van der Waals surface area contributed by atoms with Gasteiger partial charge in [0.05, 0.1) is 11.8 Å². The number of aliphatic hydroxyl groups is 1. The molecule has 0 spiro atoms. The van der Waals surface area contributed by atoms with Crippen LogP contribution in [0.2, 0.25) is 5.02 Å². The van der Waals surface area contributed by atoms with Gasteiger partial charge in [0.1, 0.15) is 10.7 Å². The molecule has 1 aliphatic heterocycles. The molecule has 3 unspecified atom stereocenters. The summed E-state index contributed by atoms with van der Waals surface area (Å²) in [6.45, 7) is 11.2. The predicted molar refractivity (Wildman–Crippen MR) is 153 cm³/mol. The van der Waals surface area contributed by atoms with Crippen LogP contribution in [-0.4, -0.2) is 77.9 Å². The zero-order valence-electron chi connectivity index (χ0n) is 23.6. The van der Waals surface area contributed by atoms with Gasteiger partial charge in [-0.1, -0.05) is 24.6 Å². The maximum Gasteiger partial charge on any atom is 0.227 e. The molecule has 1 aromatic carbocycles. The monoisotopic (exact) mass is 548 g/mol. The Morgan fingerprint density at radius 2 is 2.03 bits per heavy atom. The van der Waals surface area contributed by atoms with Gasteiger partial charge in [0.2, 0.25) is 12.4 Å². The largest absolute Gasteiger partial charge is 0.390 e. The summed E-state index contributed by atoms with van der Waals surface area (Å²) in [7, 11) is 4.00. The van der Waals surface area contributed by atoms with Crippen molar-refractivity contribution in [3.8, 4) is 0 Å². The highest BCUT2D eigenvalue weighted by Crippen LogP contribution is 2.39. The first-order valence-electron chi connectivity index (χ1n) is 13.1. The third-order valence-electron chi connectivity index (χ3n) is 7.51. The van der Waals surface area contributed by atoms with Crippen molar-refractivity contribution < 1.29 is 14.3 Å². The standard InChI is InChI=1S/C28H42ClFN6O2/c1-19-8-9-22(14-24(19)35(18-37)13-11-27(3,4)38)32-25-23(29)15-31-26(33-25)36-16-20(2)28(5,30)21(17-36)10-12-34(6)7/h8-9,14-15,18,20-21,38H,10-13,16-17H2,1-7H3,(H,31,32,33). The van der Waals surface area contributed by atoms with E-state index in [0.29, 0.717) is 48.5 Å². The van der Waals surface area contributed by atoms with Crippen LogP contribution in [0.4, 0.5) is 27.5 Å². The Balaban J connectivity index is 1.83. The third kappa shape index (κ3) is 7.55. The SMILES string of the molecule is Cc1ccc(Nc2nc(N3CC(C)C(C)(F)C(CCN(C)C)C3)ncc2Cl)cc1N(C=O)CCC(C)(C)O. The molecule has 210 valence electrons. The molecule has 2 heterocycles. The second-order valence-corrected chi connectivity index (χ2v) is 12.0. The van der Waals surface area contributed by atoms with E-state index in [2.05, 4.69) is 15.2 Å². The van der Waals surface area contributed by atoms with E-state index < -0.39 is 11.3 Å². The van der Waals surface area contributed by atoms with Crippen LogP contribution in [0, 0.1) is 18.8 Å². The lowest BCUT2D eigenvalue weighted by Crippen LogP contribution is -2.54. The highest BCUT2D eigenvalue weighted by Gasteiger charge is 2.45. The van der Waals surface area contributed by atoms with E-state index in [1.807, 2.05) is 51.0 Å². The van der Waals surface area contributed by atoms with E-state index in [0.717, 1.165) is 30.6 Å². The molecule has 0 bridgehead atoms. The van der Waals surface area contributed by atoms with Crippen molar-refractivity contribution in [3.05, 3.63) is 35.0 Å². The summed E-state index contributed by atoms with van der Waals surface area (Å²) in [6, 6.07) is 5.67. The van der Waals surface area contributed by atoms with Crippen LogP contribution in [0.1, 0.15) is 46.1 Å². The fraction of sp³-hybridized carbons (Fsp3) is 0.607. The van der Waals surface area contributed by atoms with E-state index >= 15 is 4.39 Å². The van der Waals surface area contributed by atoms with E-state index in [1.54, 1.807) is 31.9 Å². The van der Waals surface area contributed by atoms with Crippen molar-refractivity contribution in [1.82, 2.24) is 14.9 Å². The molecule has 3 atom stereocenters. The zero-order valence-corrected chi connectivity index (χ0v) is 24.4. The predicted octanol–water partition coefficient (Wildman–Crippen LogP) is 5.06. The van der Waals surface area contributed by atoms with Crippen molar-refractivity contribution >= 4 is 41.2 Å². The van der Waals surface area contributed by atoms with Crippen LogP contribution < -0.4 is 15.1 Å². The molecular weight excluding hydrogens is 507 g/mol. The van der Waals surface area contributed by atoms with Gasteiger partial charge in [0, 0.05) is 42.8 Å². The lowest BCUT2D eigenvalue weighted by Gasteiger charge is -2.45. The van der Waals surface area contributed by atoms with Gasteiger partial charge in [-0.15, -0.1) is 0 Å². The summed E-state index contributed by atoms with van der Waals surface area (Å²) in [4.78, 5) is 26.7. The number of aryl methyl sites for hydroxylation is 1. The Bertz CT molecular complexity index is 1110. The number of halogens is 2. The highest BCUT2D eigenvalue weighted by atomic mass is 35.5. The van der Waals surface area contributed by atoms with E-state index in [9.17, 15) is 9.90 Å². The molecule has 1 fully saturated rings. The van der Waals surface area contributed by atoms with Crippen LogP contribution in [0.5, 0.6) is 0 Å².